The zero-order valence-corrected chi connectivity index (χ0v) is 18.0. The molecule has 1 saturated carbocycles. The van der Waals surface area contributed by atoms with Crippen molar-refractivity contribution in [2.45, 2.75) is 46.5 Å². The Hall–Kier alpha value is -2.30. The molecule has 0 radical (unpaired) electrons. The van der Waals surface area contributed by atoms with Crippen molar-refractivity contribution in [1.29, 1.82) is 0 Å². The first-order chi connectivity index (χ1) is 13.9. The zero-order chi connectivity index (χ0) is 20.5. The molecule has 0 spiro atoms. The number of H-pyrrole nitrogens is 1. The minimum absolute atomic E-state index is 0.249. The number of nitrogens with zero attached hydrogens (tertiary/aromatic N) is 1. The number of aromatic amines is 1. The van der Waals surface area contributed by atoms with Gasteiger partial charge in [-0.3, -0.25) is 4.79 Å². The van der Waals surface area contributed by atoms with E-state index in [4.69, 9.17) is 9.72 Å². The van der Waals surface area contributed by atoms with Gasteiger partial charge in [-0.25, -0.2) is 4.98 Å². The van der Waals surface area contributed by atoms with E-state index in [9.17, 15) is 4.79 Å². The molecular weight excluding hydrogens is 362 g/mol. The fourth-order valence-electron chi connectivity index (χ4n) is 4.71. The van der Waals surface area contributed by atoms with Crippen molar-refractivity contribution in [3.8, 4) is 5.75 Å². The second-order valence-corrected chi connectivity index (χ2v) is 9.21. The quantitative estimate of drug-likeness (QED) is 0.679. The number of aromatic nitrogens is 2. The number of imidazole rings is 1. The molecule has 2 aliphatic carbocycles. The van der Waals surface area contributed by atoms with E-state index < -0.39 is 0 Å². The molecule has 1 fully saturated rings. The lowest BCUT2D eigenvalue weighted by Gasteiger charge is -2.37. The minimum atomic E-state index is 0.249. The van der Waals surface area contributed by atoms with Gasteiger partial charge in [0, 0.05) is 24.9 Å². The van der Waals surface area contributed by atoms with E-state index >= 15 is 0 Å². The van der Waals surface area contributed by atoms with Gasteiger partial charge in [-0.1, -0.05) is 25.5 Å². The Bertz CT molecular complexity index is 910. The van der Waals surface area contributed by atoms with Crippen LogP contribution in [0.25, 0.3) is 11.0 Å². The Labute approximate surface area is 173 Å². The number of hydrogen-bond acceptors (Lipinski definition) is 3. The number of ether oxygens (including phenoxy) is 1. The van der Waals surface area contributed by atoms with E-state index in [0.717, 1.165) is 54.8 Å². The molecule has 0 bridgehead atoms. The normalized spacial score (nSPS) is 24.6. The van der Waals surface area contributed by atoms with Crippen LogP contribution in [-0.2, 0) is 11.2 Å². The third-order valence-corrected chi connectivity index (χ3v) is 6.72. The first-order valence-electron chi connectivity index (χ1n) is 10.9. The van der Waals surface area contributed by atoms with Crippen LogP contribution in [0.2, 0.25) is 0 Å². The molecule has 5 nitrogen and oxygen atoms in total. The molecule has 4 rings (SSSR count). The Morgan fingerprint density at radius 3 is 2.83 bits per heavy atom. The highest BCUT2D eigenvalue weighted by molar-refractivity contribution is 5.80. The second kappa shape index (κ2) is 8.21. The van der Waals surface area contributed by atoms with Crippen LogP contribution >= 0.6 is 0 Å². The first-order valence-corrected chi connectivity index (χ1v) is 10.9. The Balaban J connectivity index is 1.47. The minimum Gasteiger partial charge on any atom is -0.497 e. The van der Waals surface area contributed by atoms with Gasteiger partial charge < -0.3 is 15.0 Å². The number of fused-ring (bicyclic) bond motifs is 1. The molecule has 0 saturated heterocycles. The zero-order valence-electron chi connectivity index (χ0n) is 18.0. The largest absolute Gasteiger partial charge is 0.497 e. The highest BCUT2D eigenvalue weighted by Gasteiger charge is 2.34. The average Bonchev–Trinajstić information content (AvgIpc) is 3.47. The lowest BCUT2D eigenvalue weighted by atomic mass is 9.69. The number of carbonyl (C=O) groups is 1. The molecule has 0 unspecified atom stereocenters. The highest BCUT2D eigenvalue weighted by atomic mass is 16.5. The Kier molecular flexibility index (Phi) is 5.66. The van der Waals surface area contributed by atoms with Crippen molar-refractivity contribution in [1.82, 2.24) is 15.3 Å². The van der Waals surface area contributed by atoms with Gasteiger partial charge in [-0.15, -0.1) is 0 Å². The van der Waals surface area contributed by atoms with Gasteiger partial charge in [0.2, 0.25) is 5.91 Å². The van der Waals surface area contributed by atoms with E-state index in [1.165, 1.54) is 5.57 Å². The van der Waals surface area contributed by atoms with Crippen LogP contribution in [0.5, 0.6) is 5.75 Å². The third-order valence-electron chi connectivity index (χ3n) is 6.72. The monoisotopic (exact) mass is 395 g/mol. The standard InChI is InChI=1S/C24H33N3O2/c1-14(2)20-10-17(15(3)9-18(20)13-25-24(28)16-5-6-16)11-23-26-21-8-7-19(29-4)12-22(21)27-23/h7-9,12,14,16-18,20H,5-6,10-11,13H2,1-4H3,(H,25,28)(H,26,27)/t17-,18-,20-/m0/s1. The van der Waals surface area contributed by atoms with Gasteiger partial charge in [0.05, 0.1) is 18.1 Å². The smallest absolute Gasteiger partial charge is 0.223 e. The molecule has 1 amide bonds. The van der Waals surface area contributed by atoms with Crippen LogP contribution in [0.15, 0.2) is 29.8 Å². The van der Waals surface area contributed by atoms with Crippen LogP contribution < -0.4 is 10.1 Å². The molecule has 29 heavy (non-hydrogen) atoms. The molecule has 2 N–H and O–H groups in total. The molecule has 0 aliphatic heterocycles. The third kappa shape index (κ3) is 4.49. The summed E-state index contributed by atoms with van der Waals surface area (Å²) in [7, 11) is 1.68. The molecule has 1 aromatic carbocycles. The number of allylic oxidation sites excluding steroid dienone is 1. The molecule has 1 heterocycles. The second-order valence-electron chi connectivity index (χ2n) is 9.21. The maximum atomic E-state index is 12.1. The van der Waals surface area contributed by atoms with Gasteiger partial charge in [-0.05, 0) is 62.0 Å². The summed E-state index contributed by atoms with van der Waals surface area (Å²) in [5, 5.41) is 3.20. The van der Waals surface area contributed by atoms with E-state index in [2.05, 4.69) is 37.1 Å². The molecular formula is C24H33N3O2. The number of benzene rings is 1. The summed E-state index contributed by atoms with van der Waals surface area (Å²) >= 11 is 0. The maximum Gasteiger partial charge on any atom is 0.223 e. The molecule has 156 valence electrons. The van der Waals surface area contributed by atoms with Gasteiger partial charge in [0.25, 0.3) is 0 Å². The van der Waals surface area contributed by atoms with Crippen molar-refractivity contribution >= 4 is 16.9 Å². The summed E-state index contributed by atoms with van der Waals surface area (Å²) in [5.74, 6) is 4.48. The van der Waals surface area contributed by atoms with Crippen molar-refractivity contribution in [2.75, 3.05) is 13.7 Å². The van der Waals surface area contributed by atoms with Crippen LogP contribution in [0, 0.1) is 29.6 Å². The van der Waals surface area contributed by atoms with E-state index in [0.29, 0.717) is 23.7 Å². The average molecular weight is 396 g/mol. The fraction of sp³-hybridized carbons (Fsp3) is 0.583. The van der Waals surface area contributed by atoms with E-state index in [1.54, 1.807) is 7.11 Å². The Morgan fingerprint density at radius 1 is 1.34 bits per heavy atom. The number of amides is 1. The lowest BCUT2D eigenvalue weighted by molar-refractivity contribution is -0.122. The SMILES string of the molecule is COc1ccc2nc(C[C@@H]3C[C@@H](C(C)C)[C@H](CNC(=O)C4CC4)C=C3C)[nH]c2c1. The first kappa shape index (κ1) is 20.0. The van der Waals surface area contributed by atoms with Crippen molar-refractivity contribution < 1.29 is 9.53 Å². The number of nitrogens with one attached hydrogen (secondary N) is 2. The van der Waals surface area contributed by atoms with Gasteiger partial charge in [0.1, 0.15) is 11.6 Å². The van der Waals surface area contributed by atoms with Gasteiger partial charge in [-0.2, -0.15) is 0 Å². The van der Waals surface area contributed by atoms with Crippen LogP contribution in [0.3, 0.4) is 0 Å². The molecule has 2 aliphatic rings. The van der Waals surface area contributed by atoms with E-state index in [-0.39, 0.29) is 11.8 Å². The van der Waals surface area contributed by atoms with Crippen LogP contribution in [-0.4, -0.2) is 29.5 Å². The lowest BCUT2D eigenvalue weighted by Crippen LogP contribution is -2.37. The van der Waals surface area contributed by atoms with Crippen molar-refractivity contribution in [3.05, 3.63) is 35.7 Å². The summed E-state index contributed by atoms with van der Waals surface area (Å²) in [6.07, 6.45) is 6.60. The van der Waals surface area contributed by atoms with Crippen LogP contribution in [0.1, 0.15) is 45.9 Å². The van der Waals surface area contributed by atoms with Gasteiger partial charge in [0.15, 0.2) is 0 Å². The number of hydrogen-bond donors (Lipinski definition) is 2. The molecule has 2 aromatic rings. The number of rotatable bonds is 7. The molecule has 3 atom stereocenters. The highest BCUT2D eigenvalue weighted by Crippen LogP contribution is 2.39. The van der Waals surface area contributed by atoms with Crippen molar-refractivity contribution in [3.63, 3.8) is 0 Å². The summed E-state index contributed by atoms with van der Waals surface area (Å²) in [6.45, 7) is 7.62. The fourth-order valence-corrected chi connectivity index (χ4v) is 4.71. The summed E-state index contributed by atoms with van der Waals surface area (Å²) < 4.78 is 5.32. The number of methoxy groups -OCH3 is 1. The Morgan fingerprint density at radius 2 is 2.14 bits per heavy atom. The molecule has 1 aromatic heterocycles. The van der Waals surface area contributed by atoms with Gasteiger partial charge >= 0.3 is 0 Å². The van der Waals surface area contributed by atoms with E-state index in [1.807, 2.05) is 18.2 Å². The number of carbonyl (C=O) groups excluding carboxylic acids is 1. The van der Waals surface area contributed by atoms with Crippen LogP contribution in [0.4, 0.5) is 0 Å². The topological polar surface area (TPSA) is 67.0 Å². The molecule has 5 heteroatoms. The van der Waals surface area contributed by atoms with Crippen molar-refractivity contribution in [2.24, 2.45) is 29.6 Å². The summed E-state index contributed by atoms with van der Waals surface area (Å²) in [6, 6.07) is 5.96. The predicted molar refractivity (Wildman–Crippen MR) is 116 cm³/mol. The summed E-state index contributed by atoms with van der Waals surface area (Å²) in [5.41, 5.74) is 3.43. The predicted octanol–water partition coefficient (Wildman–Crippen LogP) is 4.49. The maximum absolute atomic E-state index is 12.1. The summed E-state index contributed by atoms with van der Waals surface area (Å²) in [4.78, 5) is 20.4.